The molecule has 7 nitrogen and oxygen atoms in total. The van der Waals surface area contributed by atoms with Crippen LogP contribution in [0.25, 0.3) is 0 Å². The monoisotopic (exact) mass is 525 g/mol. The molecule has 0 rings (SSSR count). The lowest BCUT2D eigenvalue weighted by atomic mass is 10.1. The minimum Gasteiger partial charge on any atom is -0.464 e. The number of amides is 1. The van der Waals surface area contributed by atoms with Gasteiger partial charge in [0.25, 0.3) is 0 Å². The van der Waals surface area contributed by atoms with E-state index < -0.39 is 30.7 Å². The third kappa shape index (κ3) is 24.2. The molecular formula is C30H55NO6. The van der Waals surface area contributed by atoms with E-state index in [1.54, 1.807) is 0 Å². The number of carbonyl (C=O) groups excluding carboxylic acids is 3. The number of allylic oxidation sites excluding steroid dienone is 2. The van der Waals surface area contributed by atoms with Gasteiger partial charge in [0.2, 0.25) is 0 Å². The lowest BCUT2D eigenvalue weighted by molar-refractivity contribution is -0.148. The number of alkyl carbamates (subject to hydrolysis) is 1. The minimum absolute atomic E-state index is 0.151. The van der Waals surface area contributed by atoms with E-state index in [1.165, 1.54) is 64.2 Å². The predicted octanol–water partition coefficient (Wildman–Crippen LogP) is 7.54. The van der Waals surface area contributed by atoms with Gasteiger partial charge in [-0.2, -0.15) is 0 Å². The van der Waals surface area contributed by atoms with Crippen molar-refractivity contribution in [1.29, 1.82) is 0 Å². The van der Waals surface area contributed by atoms with Crippen LogP contribution < -0.4 is 5.32 Å². The lowest BCUT2D eigenvalue weighted by Gasteiger charge is -2.15. The Bertz CT molecular complexity index is 593. The highest BCUT2D eigenvalue weighted by Gasteiger charge is 2.23. The third-order valence-electron chi connectivity index (χ3n) is 6.35. The van der Waals surface area contributed by atoms with Gasteiger partial charge in [-0.1, -0.05) is 109 Å². The van der Waals surface area contributed by atoms with Crippen LogP contribution in [0.5, 0.6) is 0 Å². The van der Waals surface area contributed by atoms with E-state index in [0.29, 0.717) is 6.42 Å². The molecule has 0 fully saturated rings. The maximum atomic E-state index is 12.0. The van der Waals surface area contributed by atoms with Crippen molar-refractivity contribution in [2.75, 3.05) is 13.2 Å². The topological polar surface area (TPSA) is 102 Å². The second-order valence-corrected chi connectivity index (χ2v) is 9.91. The van der Waals surface area contributed by atoms with Crippen LogP contribution in [0.4, 0.5) is 4.79 Å². The van der Waals surface area contributed by atoms with Crippen molar-refractivity contribution in [3.63, 3.8) is 0 Å². The number of rotatable bonds is 25. The molecule has 0 radical (unpaired) electrons. The van der Waals surface area contributed by atoms with E-state index in [1.807, 2.05) is 0 Å². The number of aliphatic hydroxyl groups excluding tert-OH is 1. The fraction of sp³-hybridized carbons (Fsp3) is 0.833. The Kier molecular flexibility index (Phi) is 25.8. The average Bonchev–Trinajstić information content (AvgIpc) is 2.88. The number of esters is 2. The Morgan fingerprint density at radius 3 is 1.73 bits per heavy atom. The zero-order chi connectivity index (χ0) is 27.4. The summed E-state index contributed by atoms with van der Waals surface area (Å²) in [5.74, 6) is -1.36. The van der Waals surface area contributed by atoms with Gasteiger partial charge in [-0.05, 0) is 38.5 Å². The van der Waals surface area contributed by atoms with Crippen molar-refractivity contribution >= 4 is 18.0 Å². The van der Waals surface area contributed by atoms with Crippen LogP contribution in [-0.4, -0.2) is 42.4 Å². The first-order chi connectivity index (χ1) is 18.0. The van der Waals surface area contributed by atoms with Gasteiger partial charge >= 0.3 is 18.0 Å². The fourth-order valence-corrected chi connectivity index (χ4v) is 4.00. The number of carbonyl (C=O) groups is 3. The minimum atomic E-state index is -1.24. The van der Waals surface area contributed by atoms with Crippen molar-refractivity contribution in [3.8, 4) is 0 Å². The maximum Gasteiger partial charge on any atom is 0.415 e. The molecule has 1 amide bonds. The number of hydrogen-bond acceptors (Lipinski definition) is 6. The van der Waals surface area contributed by atoms with E-state index in [2.05, 4.69) is 31.3 Å². The molecule has 7 heteroatoms. The summed E-state index contributed by atoms with van der Waals surface area (Å²) in [4.78, 5) is 35.8. The third-order valence-corrected chi connectivity index (χ3v) is 6.35. The molecule has 216 valence electrons. The zero-order valence-electron chi connectivity index (χ0n) is 23.8. The number of unbranched alkanes of at least 4 members (excludes halogenated alkanes) is 16. The van der Waals surface area contributed by atoms with Crippen LogP contribution in [0.3, 0.4) is 0 Å². The molecule has 0 heterocycles. The smallest absolute Gasteiger partial charge is 0.415 e. The molecule has 0 saturated heterocycles. The van der Waals surface area contributed by atoms with Crippen LogP contribution in [0.2, 0.25) is 0 Å². The van der Waals surface area contributed by atoms with E-state index in [-0.39, 0.29) is 13.0 Å². The number of ether oxygens (including phenoxy) is 2. The van der Waals surface area contributed by atoms with E-state index in [9.17, 15) is 19.5 Å². The lowest BCUT2D eigenvalue weighted by Crippen LogP contribution is -2.45. The van der Waals surface area contributed by atoms with Crippen molar-refractivity contribution in [3.05, 3.63) is 12.2 Å². The molecule has 0 aromatic rings. The average molecular weight is 526 g/mol. The molecule has 1 atom stereocenters. The van der Waals surface area contributed by atoms with E-state index in [4.69, 9.17) is 9.47 Å². The van der Waals surface area contributed by atoms with E-state index >= 15 is 0 Å². The van der Waals surface area contributed by atoms with E-state index in [0.717, 1.165) is 51.4 Å². The van der Waals surface area contributed by atoms with Crippen LogP contribution in [0.1, 0.15) is 142 Å². The van der Waals surface area contributed by atoms with Crippen LogP contribution in [0, 0.1) is 0 Å². The van der Waals surface area contributed by atoms with Gasteiger partial charge in [0.05, 0.1) is 13.2 Å². The Hall–Kier alpha value is -1.89. The van der Waals surface area contributed by atoms with Gasteiger partial charge in [-0.3, -0.25) is 4.79 Å². The number of nitrogens with one attached hydrogen (secondary N) is 1. The highest BCUT2D eigenvalue weighted by molar-refractivity contribution is 5.87. The molecule has 0 aliphatic rings. The van der Waals surface area contributed by atoms with Gasteiger partial charge < -0.3 is 19.9 Å². The molecule has 0 saturated carbocycles. The molecular weight excluding hydrogens is 470 g/mol. The first-order valence-corrected chi connectivity index (χ1v) is 15.0. The Balaban J connectivity index is 3.72. The summed E-state index contributed by atoms with van der Waals surface area (Å²) in [5.41, 5.74) is 0. The summed E-state index contributed by atoms with van der Waals surface area (Å²) in [7, 11) is 0. The van der Waals surface area contributed by atoms with Gasteiger partial charge in [-0.15, -0.1) is 0 Å². The summed E-state index contributed by atoms with van der Waals surface area (Å²) in [6.07, 6.45) is 25.2. The molecule has 2 N–H and O–H groups in total. The SMILES string of the molecule is CCCCCCCCC=CCCCCCCCC(=O)OC(=O)NC(CO)C(=O)OCCCCCCCC. The van der Waals surface area contributed by atoms with Crippen molar-refractivity contribution in [2.45, 2.75) is 148 Å². The normalized spacial score (nSPS) is 12.0. The van der Waals surface area contributed by atoms with Crippen LogP contribution in [0.15, 0.2) is 12.2 Å². The molecule has 0 aliphatic heterocycles. The Morgan fingerprint density at radius 1 is 0.703 bits per heavy atom. The van der Waals surface area contributed by atoms with Crippen molar-refractivity contribution in [2.24, 2.45) is 0 Å². The maximum absolute atomic E-state index is 12.0. The molecule has 0 bridgehead atoms. The molecule has 37 heavy (non-hydrogen) atoms. The van der Waals surface area contributed by atoms with Gasteiger partial charge in [-0.25, -0.2) is 9.59 Å². The van der Waals surface area contributed by atoms with Gasteiger partial charge in [0.15, 0.2) is 6.04 Å². The Labute approximate surface area is 226 Å². The number of hydrogen-bond donors (Lipinski definition) is 2. The highest BCUT2D eigenvalue weighted by atomic mass is 16.6. The summed E-state index contributed by atoms with van der Waals surface area (Å²) < 4.78 is 9.83. The molecule has 1 unspecified atom stereocenters. The van der Waals surface area contributed by atoms with Crippen molar-refractivity contribution < 1.29 is 29.0 Å². The second kappa shape index (κ2) is 27.2. The van der Waals surface area contributed by atoms with Crippen LogP contribution in [-0.2, 0) is 19.1 Å². The standard InChI is InChI=1S/C30H55NO6/c1-3-5-7-9-11-12-13-14-15-16-17-18-19-20-22-24-28(33)37-30(35)31-27(26-32)29(34)36-25-23-21-10-8-6-4-2/h14-15,27,32H,3-13,16-26H2,1-2H3,(H,31,35). The largest absolute Gasteiger partial charge is 0.464 e. The quantitative estimate of drug-likeness (QED) is 0.0552. The van der Waals surface area contributed by atoms with Gasteiger partial charge in [0.1, 0.15) is 0 Å². The summed E-state index contributed by atoms with van der Waals surface area (Å²) >= 11 is 0. The fourth-order valence-electron chi connectivity index (χ4n) is 4.00. The molecule has 0 spiro atoms. The Morgan fingerprint density at radius 2 is 1.19 bits per heavy atom. The predicted molar refractivity (Wildman–Crippen MR) is 149 cm³/mol. The highest BCUT2D eigenvalue weighted by Crippen LogP contribution is 2.10. The summed E-state index contributed by atoms with van der Waals surface area (Å²) in [5, 5.41) is 11.6. The second-order valence-electron chi connectivity index (χ2n) is 9.91. The molecule has 0 aromatic heterocycles. The number of aliphatic hydroxyl groups is 1. The summed E-state index contributed by atoms with van der Waals surface area (Å²) in [6, 6.07) is -1.24. The molecule has 0 aliphatic carbocycles. The first kappa shape index (κ1) is 35.1. The first-order valence-electron chi connectivity index (χ1n) is 15.0. The molecule has 0 aromatic carbocycles. The van der Waals surface area contributed by atoms with Gasteiger partial charge in [0, 0.05) is 6.42 Å². The van der Waals surface area contributed by atoms with Crippen LogP contribution >= 0.6 is 0 Å². The zero-order valence-corrected chi connectivity index (χ0v) is 23.8. The van der Waals surface area contributed by atoms with Crippen molar-refractivity contribution in [1.82, 2.24) is 5.32 Å². The summed E-state index contributed by atoms with van der Waals surface area (Å²) in [6.45, 7) is 4.02.